The van der Waals surface area contributed by atoms with E-state index in [9.17, 15) is 9.59 Å². The van der Waals surface area contributed by atoms with Gasteiger partial charge in [0.25, 0.3) is 0 Å². The molecule has 1 amide bonds. The third kappa shape index (κ3) is 6.29. The van der Waals surface area contributed by atoms with Gasteiger partial charge in [-0.3, -0.25) is 19.4 Å². The van der Waals surface area contributed by atoms with Crippen LogP contribution in [0, 0.1) is 0 Å². The molecule has 1 aliphatic heterocycles. The van der Waals surface area contributed by atoms with Gasteiger partial charge in [0.2, 0.25) is 5.91 Å². The average Bonchev–Trinajstić information content (AvgIpc) is 2.79. The largest absolute Gasteiger partial charge is 0.480 e. The van der Waals surface area contributed by atoms with Crippen LogP contribution in [0.3, 0.4) is 0 Å². The molecule has 1 atom stereocenters. The number of hydrogen-bond acceptors (Lipinski definition) is 4. The Kier molecular flexibility index (Phi) is 7.21. The monoisotopic (exact) mass is 333 g/mol. The highest BCUT2D eigenvalue weighted by molar-refractivity contribution is 5.78. The number of carbonyl (C=O) groups is 2. The third-order valence-corrected chi connectivity index (χ3v) is 4.50. The highest BCUT2D eigenvalue weighted by atomic mass is 16.4. The van der Waals surface area contributed by atoms with Crippen molar-refractivity contribution in [1.29, 1.82) is 0 Å². The fraction of sp³-hybridized carbons (Fsp3) is 0.556. The van der Waals surface area contributed by atoms with Crippen molar-refractivity contribution in [3.63, 3.8) is 0 Å². The summed E-state index contributed by atoms with van der Waals surface area (Å²) in [6, 6.07) is 10.2. The summed E-state index contributed by atoms with van der Waals surface area (Å²) in [5, 5.41) is 11.9. The molecule has 132 valence electrons. The number of likely N-dealkylation sites (tertiary alicyclic amines) is 1. The predicted octanol–water partition coefficient (Wildman–Crippen LogP) is 1.17. The molecule has 2 rings (SSSR count). The van der Waals surface area contributed by atoms with Gasteiger partial charge in [-0.05, 0) is 38.4 Å². The molecule has 1 aromatic rings. The Morgan fingerprint density at radius 1 is 1.25 bits per heavy atom. The second-order valence-corrected chi connectivity index (χ2v) is 6.43. The molecule has 1 heterocycles. The van der Waals surface area contributed by atoms with E-state index in [1.807, 2.05) is 42.3 Å². The van der Waals surface area contributed by atoms with Crippen LogP contribution < -0.4 is 5.32 Å². The fourth-order valence-corrected chi connectivity index (χ4v) is 3.14. The summed E-state index contributed by atoms with van der Waals surface area (Å²) in [6.45, 7) is 2.74. The molecule has 1 unspecified atom stereocenters. The summed E-state index contributed by atoms with van der Waals surface area (Å²) < 4.78 is 0. The average molecular weight is 333 g/mol. The molecule has 24 heavy (non-hydrogen) atoms. The quantitative estimate of drug-likeness (QED) is 0.784. The van der Waals surface area contributed by atoms with E-state index in [-0.39, 0.29) is 18.5 Å². The zero-order chi connectivity index (χ0) is 17.4. The lowest BCUT2D eigenvalue weighted by atomic mass is 10.1. The zero-order valence-electron chi connectivity index (χ0n) is 14.3. The molecule has 1 saturated heterocycles. The number of amides is 1. The van der Waals surface area contributed by atoms with Crippen LogP contribution in [-0.4, -0.2) is 66.1 Å². The van der Waals surface area contributed by atoms with Crippen molar-refractivity contribution < 1.29 is 14.7 Å². The lowest BCUT2D eigenvalue weighted by molar-refractivity contribution is -0.138. The second kappa shape index (κ2) is 9.39. The minimum absolute atomic E-state index is 0.0381. The van der Waals surface area contributed by atoms with Gasteiger partial charge in [0, 0.05) is 19.1 Å². The van der Waals surface area contributed by atoms with E-state index >= 15 is 0 Å². The van der Waals surface area contributed by atoms with E-state index in [4.69, 9.17) is 5.11 Å². The van der Waals surface area contributed by atoms with Crippen molar-refractivity contribution in [2.75, 3.05) is 33.2 Å². The molecule has 0 spiro atoms. The molecule has 1 fully saturated rings. The molecule has 0 aromatic heterocycles. The number of rotatable bonds is 7. The van der Waals surface area contributed by atoms with E-state index in [1.54, 1.807) is 0 Å². The second-order valence-electron chi connectivity index (χ2n) is 6.43. The van der Waals surface area contributed by atoms with Gasteiger partial charge in [-0.1, -0.05) is 30.3 Å². The first-order valence-corrected chi connectivity index (χ1v) is 8.49. The standard InChI is InChI=1S/C18H27N3O3/c1-20(14-18(23)24)16-8-5-10-21(11-9-16)13-17(22)19-12-15-6-3-2-4-7-15/h2-4,6-7,16H,5,8-14H2,1H3,(H,19,22)(H,23,24). The topological polar surface area (TPSA) is 72.9 Å². The first-order valence-electron chi connectivity index (χ1n) is 8.49. The van der Waals surface area contributed by atoms with Gasteiger partial charge in [0.1, 0.15) is 0 Å². The molecule has 0 radical (unpaired) electrons. The summed E-state index contributed by atoms with van der Waals surface area (Å²) in [5.41, 5.74) is 1.09. The van der Waals surface area contributed by atoms with E-state index in [2.05, 4.69) is 10.2 Å². The van der Waals surface area contributed by atoms with Gasteiger partial charge in [-0.15, -0.1) is 0 Å². The summed E-state index contributed by atoms with van der Waals surface area (Å²) in [6.07, 6.45) is 2.86. The molecule has 0 saturated carbocycles. The Labute approximate surface area is 143 Å². The van der Waals surface area contributed by atoms with Gasteiger partial charge in [0.05, 0.1) is 13.1 Å². The third-order valence-electron chi connectivity index (χ3n) is 4.50. The molecule has 0 bridgehead atoms. The Morgan fingerprint density at radius 3 is 2.71 bits per heavy atom. The number of hydrogen-bond donors (Lipinski definition) is 2. The van der Waals surface area contributed by atoms with Crippen LogP contribution in [-0.2, 0) is 16.1 Å². The number of nitrogens with one attached hydrogen (secondary N) is 1. The molecule has 1 aromatic carbocycles. The molecule has 6 nitrogen and oxygen atoms in total. The Hall–Kier alpha value is -1.92. The lowest BCUT2D eigenvalue weighted by Gasteiger charge is -2.25. The van der Waals surface area contributed by atoms with Crippen molar-refractivity contribution in [2.24, 2.45) is 0 Å². The van der Waals surface area contributed by atoms with E-state index in [0.29, 0.717) is 13.1 Å². The SMILES string of the molecule is CN(CC(=O)O)C1CCCN(CC(=O)NCc2ccccc2)CC1. The number of benzene rings is 1. The van der Waals surface area contributed by atoms with Crippen LogP contribution in [0.25, 0.3) is 0 Å². The highest BCUT2D eigenvalue weighted by Crippen LogP contribution is 2.15. The highest BCUT2D eigenvalue weighted by Gasteiger charge is 2.22. The summed E-state index contributed by atoms with van der Waals surface area (Å²) in [4.78, 5) is 27.0. The number of carboxylic acid groups (broad SMARTS) is 1. The maximum atomic E-state index is 12.1. The Balaban J connectivity index is 1.73. The molecule has 2 N–H and O–H groups in total. The van der Waals surface area contributed by atoms with Crippen LogP contribution in [0.1, 0.15) is 24.8 Å². The molecular formula is C18H27N3O3. The van der Waals surface area contributed by atoms with Gasteiger partial charge in [0.15, 0.2) is 0 Å². The summed E-state index contributed by atoms with van der Waals surface area (Å²) in [5.74, 6) is -0.755. The maximum Gasteiger partial charge on any atom is 0.317 e. The van der Waals surface area contributed by atoms with Crippen molar-refractivity contribution in [1.82, 2.24) is 15.1 Å². The number of aliphatic carboxylic acids is 1. The van der Waals surface area contributed by atoms with Crippen molar-refractivity contribution in [3.8, 4) is 0 Å². The molecule has 6 heteroatoms. The summed E-state index contributed by atoms with van der Waals surface area (Å²) >= 11 is 0. The predicted molar refractivity (Wildman–Crippen MR) is 92.6 cm³/mol. The minimum atomic E-state index is -0.793. The maximum absolute atomic E-state index is 12.1. The number of carbonyl (C=O) groups excluding carboxylic acids is 1. The van der Waals surface area contributed by atoms with E-state index in [0.717, 1.165) is 37.9 Å². The van der Waals surface area contributed by atoms with E-state index < -0.39 is 5.97 Å². The van der Waals surface area contributed by atoms with Crippen LogP contribution in [0.2, 0.25) is 0 Å². The van der Waals surface area contributed by atoms with Gasteiger partial charge in [-0.25, -0.2) is 0 Å². The normalized spacial score (nSPS) is 19.0. The number of nitrogens with zero attached hydrogens (tertiary/aromatic N) is 2. The lowest BCUT2D eigenvalue weighted by Crippen LogP contribution is -2.39. The smallest absolute Gasteiger partial charge is 0.317 e. The van der Waals surface area contributed by atoms with Crippen LogP contribution >= 0.6 is 0 Å². The molecule has 0 aliphatic carbocycles. The van der Waals surface area contributed by atoms with Crippen molar-refractivity contribution in [3.05, 3.63) is 35.9 Å². The number of carboxylic acids is 1. The summed E-state index contributed by atoms with van der Waals surface area (Å²) in [7, 11) is 1.86. The van der Waals surface area contributed by atoms with Crippen LogP contribution in [0.4, 0.5) is 0 Å². The van der Waals surface area contributed by atoms with Gasteiger partial charge in [-0.2, -0.15) is 0 Å². The number of likely N-dealkylation sites (N-methyl/N-ethyl adjacent to an activating group) is 1. The van der Waals surface area contributed by atoms with Crippen molar-refractivity contribution >= 4 is 11.9 Å². The Morgan fingerprint density at radius 2 is 2.00 bits per heavy atom. The van der Waals surface area contributed by atoms with Gasteiger partial charge >= 0.3 is 5.97 Å². The van der Waals surface area contributed by atoms with Crippen LogP contribution in [0.15, 0.2) is 30.3 Å². The molecule has 1 aliphatic rings. The van der Waals surface area contributed by atoms with Crippen LogP contribution in [0.5, 0.6) is 0 Å². The van der Waals surface area contributed by atoms with Crippen molar-refractivity contribution in [2.45, 2.75) is 31.8 Å². The molecular weight excluding hydrogens is 306 g/mol. The van der Waals surface area contributed by atoms with E-state index in [1.165, 1.54) is 0 Å². The first-order chi connectivity index (χ1) is 11.5. The Bertz CT molecular complexity index is 536. The zero-order valence-corrected chi connectivity index (χ0v) is 14.3. The fourth-order valence-electron chi connectivity index (χ4n) is 3.14. The van der Waals surface area contributed by atoms with Gasteiger partial charge < -0.3 is 10.4 Å². The first kappa shape index (κ1) is 18.4. The minimum Gasteiger partial charge on any atom is -0.480 e.